The second-order valence-corrected chi connectivity index (χ2v) is 25.3. The fourth-order valence-corrected chi connectivity index (χ4v) is 12.9. The molecule has 3 N–H and O–H groups in total. The van der Waals surface area contributed by atoms with Crippen molar-refractivity contribution in [1.29, 1.82) is 0 Å². The first-order chi connectivity index (χ1) is 43.3. The van der Waals surface area contributed by atoms with Gasteiger partial charge in [-0.05, 0) is 142 Å². The maximum Gasteiger partial charge on any atom is 0.163 e. The lowest BCUT2D eigenvalue weighted by molar-refractivity contribution is -0.0304. The SMILES string of the molecule is COc1cc2c(Nc3ccc(Br)cc3F)ncnc2cc1OCC1CCN(CC(N2CCC(COc3cc4ncnc(Nc5ccc(Br)cc5F)c4cc3OC)CC2)N2CCC(COc3cc4ncnc(Nc5ccc(Br)cc5F)c4cc3OC)CC2)CC1. The van der Waals surface area contributed by atoms with E-state index < -0.39 is 17.5 Å². The van der Waals surface area contributed by atoms with Gasteiger partial charge in [-0.15, -0.1) is 0 Å². The molecule has 464 valence electrons. The molecule has 9 aromatic rings. The highest BCUT2D eigenvalue weighted by Gasteiger charge is 2.35. The van der Waals surface area contributed by atoms with Gasteiger partial charge in [-0.1, -0.05) is 47.8 Å². The molecule has 18 nitrogen and oxygen atoms in total. The topological polar surface area (TPSA) is 179 Å². The summed E-state index contributed by atoms with van der Waals surface area (Å²) in [6, 6.07) is 25.6. The Kier molecular flexibility index (Phi) is 19.6. The molecular weight excluding hydrogens is 1340 g/mol. The van der Waals surface area contributed by atoms with Gasteiger partial charge in [0.15, 0.2) is 34.5 Å². The Labute approximate surface area is 538 Å². The fourth-order valence-electron chi connectivity index (χ4n) is 11.9. The van der Waals surface area contributed by atoms with Gasteiger partial charge in [-0.25, -0.2) is 43.1 Å². The lowest BCUT2D eigenvalue weighted by Gasteiger charge is -2.47. The van der Waals surface area contributed by atoms with Gasteiger partial charge < -0.3 is 49.3 Å². The van der Waals surface area contributed by atoms with Crippen LogP contribution in [-0.4, -0.2) is 138 Å². The Bertz CT molecular complexity index is 3820. The van der Waals surface area contributed by atoms with E-state index in [-0.39, 0.29) is 6.17 Å². The lowest BCUT2D eigenvalue weighted by Crippen LogP contribution is -2.58. The van der Waals surface area contributed by atoms with Gasteiger partial charge in [0.05, 0.1) is 80.9 Å². The van der Waals surface area contributed by atoms with Crippen LogP contribution in [0.1, 0.15) is 38.5 Å². The maximum atomic E-state index is 14.9. The summed E-state index contributed by atoms with van der Waals surface area (Å²) in [5.41, 5.74) is 2.81. The first-order valence-corrected chi connectivity index (χ1v) is 32.0. The molecule has 89 heavy (non-hydrogen) atoms. The Hall–Kier alpha value is -7.35. The number of hydrogen-bond acceptors (Lipinski definition) is 18. The number of benzene rings is 6. The zero-order valence-electron chi connectivity index (χ0n) is 49.3. The van der Waals surface area contributed by atoms with E-state index in [1.54, 1.807) is 57.7 Å². The normalized spacial score (nSPS) is 15.8. The second kappa shape index (κ2) is 28.2. The molecule has 24 heteroatoms. The van der Waals surface area contributed by atoms with Gasteiger partial charge in [0.25, 0.3) is 0 Å². The van der Waals surface area contributed by atoms with Crippen molar-refractivity contribution in [3.05, 3.63) is 141 Å². The first-order valence-electron chi connectivity index (χ1n) is 29.6. The molecule has 0 radical (unpaired) electrons. The summed E-state index contributed by atoms with van der Waals surface area (Å²) in [6.07, 6.45) is 10.4. The standard InChI is InChI=1S/C65H66Br3F3N12O6/c1-84-56-25-44-53(72-35-75-63(44)78-50-7-4-41(66)22-47(50)69)28-59(56)87-32-38-10-16-81(17-11-38)31-62(82-18-12-39(13-19-82)33-88-60-29-54-45(26-57(60)85-2)64(76-36-73-54)79-51-8-5-42(67)23-48(51)70)83-20-14-40(15-21-83)34-89-61-30-55-46(27-58(61)86-3)65(77-37-74-55)80-52-9-6-43(68)24-49(52)71/h4-9,22-30,35-40,62H,10-21,31-34H2,1-3H3,(H,72,75,78)(H,73,76,79)(H,74,77,80). The molecule has 3 aliphatic heterocycles. The maximum absolute atomic E-state index is 14.9. The summed E-state index contributed by atoms with van der Waals surface area (Å²) >= 11 is 9.98. The number of nitrogens with zero attached hydrogens (tertiary/aromatic N) is 9. The molecule has 12 rings (SSSR count). The number of piperidine rings is 3. The van der Waals surface area contributed by atoms with Crippen LogP contribution in [-0.2, 0) is 0 Å². The molecule has 0 spiro atoms. The van der Waals surface area contributed by atoms with Gasteiger partial charge in [-0.2, -0.15) is 0 Å². The van der Waals surface area contributed by atoms with E-state index in [4.69, 9.17) is 28.4 Å². The molecule has 3 aromatic heterocycles. The molecule has 0 aliphatic carbocycles. The van der Waals surface area contributed by atoms with Gasteiger partial charge in [0, 0.05) is 80.5 Å². The number of aromatic nitrogens is 6. The number of hydrogen-bond donors (Lipinski definition) is 3. The van der Waals surface area contributed by atoms with Crippen molar-refractivity contribution in [2.75, 3.05) is 103 Å². The zero-order chi connectivity index (χ0) is 61.5. The summed E-state index contributed by atoms with van der Waals surface area (Å²) in [5, 5.41) is 11.4. The number of halogens is 6. The van der Waals surface area contributed by atoms with Crippen LogP contribution in [0.15, 0.2) is 123 Å². The van der Waals surface area contributed by atoms with Crippen LogP contribution in [0, 0.1) is 35.2 Å². The Balaban J connectivity index is 0.693. The average molecular weight is 1410 g/mol. The van der Waals surface area contributed by atoms with E-state index in [1.807, 2.05) is 36.4 Å². The van der Waals surface area contributed by atoms with Crippen LogP contribution in [0.4, 0.5) is 47.7 Å². The van der Waals surface area contributed by atoms with E-state index in [1.165, 1.54) is 37.2 Å². The minimum Gasteiger partial charge on any atom is -0.493 e. The zero-order valence-corrected chi connectivity index (χ0v) is 54.0. The van der Waals surface area contributed by atoms with Crippen molar-refractivity contribution in [2.45, 2.75) is 44.7 Å². The molecule has 3 aliphatic rings. The van der Waals surface area contributed by atoms with Crippen LogP contribution >= 0.6 is 47.8 Å². The molecule has 3 saturated heterocycles. The van der Waals surface area contributed by atoms with Crippen molar-refractivity contribution in [3.8, 4) is 34.5 Å². The van der Waals surface area contributed by atoms with E-state index in [9.17, 15) is 13.2 Å². The third kappa shape index (κ3) is 14.6. The van der Waals surface area contributed by atoms with Gasteiger partial charge in [-0.3, -0.25) is 9.80 Å². The highest BCUT2D eigenvalue weighted by atomic mass is 79.9. The van der Waals surface area contributed by atoms with Gasteiger partial charge in [0.2, 0.25) is 0 Å². The third-order valence-corrected chi connectivity index (χ3v) is 18.5. The molecule has 0 bridgehead atoms. The van der Waals surface area contributed by atoms with E-state index in [0.717, 1.165) is 84.3 Å². The Morgan fingerprint density at radius 2 is 0.742 bits per heavy atom. The van der Waals surface area contributed by atoms with Crippen LogP contribution in [0.5, 0.6) is 34.5 Å². The van der Waals surface area contributed by atoms with Crippen LogP contribution in [0.3, 0.4) is 0 Å². The van der Waals surface area contributed by atoms with Crippen molar-refractivity contribution < 1.29 is 41.6 Å². The van der Waals surface area contributed by atoms with Crippen molar-refractivity contribution in [1.82, 2.24) is 44.6 Å². The minimum atomic E-state index is -0.412. The summed E-state index contributed by atoms with van der Waals surface area (Å²) in [7, 11) is 4.83. The number of anilines is 6. The van der Waals surface area contributed by atoms with Crippen molar-refractivity contribution in [3.63, 3.8) is 0 Å². The molecule has 3 fully saturated rings. The predicted molar refractivity (Wildman–Crippen MR) is 348 cm³/mol. The number of methoxy groups -OCH3 is 3. The molecule has 6 heterocycles. The summed E-state index contributed by atoms with van der Waals surface area (Å²) in [6.45, 7) is 8.06. The van der Waals surface area contributed by atoms with E-state index in [2.05, 4.69) is 108 Å². The van der Waals surface area contributed by atoms with Gasteiger partial charge in [0.1, 0.15) is 53.9 Å². The summed E-state index contributed by atoms with van der Waals surface area (Å²) < 4.78 is 83.7. The van der Waals surface area contributed by atoms with Crippen LogP contribution in [0.25, 0.3) is 32.7 Å². The van der Waals surface area contributed by atoms with Crippen LogP contribution < -0.4 is 44.4 Å². The highest BCUT2D eigenvalue weighted by Crippen LogP contribution is 2.40. The summed E-state index contributed by atoms with van der Waals surface area (Å²) in [5.74, 6) is 4.51. The largest absolute Gasteiger partial charge is 0.493 e. The first kappa shape index (κ1) is 61.9. The molecular formula is C65H66Br3F3N12O6. The van der Waals surface area contributed by atoms with Crippen molar-refractivity contribution in [2.24, 2.45) is 17.8 Å². The Morgan fingerprint density at radius 3 is 1.04 bits per heavy atom. The van der Waals surface area contributed by atoms with Crippen LogP contribution in [0.2, 0.25) is 0 Å². The number of rotatable bonds is 22. The quantitative estimate of drug-likeness (QED) is 0.0583. The monoisotopic (exact) mass is 1400 g/mol. The number of likely N-dealkylation sites (tertiary alicyclic amines) is 3. The number of fused-ring (bicyclic) bond motifs is 3. The fraction of sp³-hybridized carbons (Fsp3) is 0.354. The molecule has 0 atom stereocenters. The number of nitrogens with one attached hydrogen (secondary N) is 3. The van der Waals surface area contributed by atoms with E-state index in [0.29, 0.717) is 153 Å². The predicted octanol–water partition coefficient (Wildman–Crippen LogP) is 14.5. The highest BCUT2D eigenvalue weighted by molar-refractivity contribution is 9.11. The molecule has 0 amide bonds. The minimum absolute atomic E-state index is 0.206. The smallest absolute Gasteiger partial charge is 0.163 e. The number of ether oxygens (including phenoxy) is 6. The van der Waals surface area contributed by atoms with Gasteiger partial charge >= 0.3 is 0 Å². The Morgan fingerprint density at radius 1 is 0.427 bits per heavy atom. The average Bonchev–Trinajstić information content (AvgIpc) is 1.44. The second-order valence-electron chi connectivity index (χ2n) is 22.6. The molecule has 0 saturated carbocycles. The summed E-state index contributed by atoms with van der Waals surface area (Å²) in [4.78, 5) is 34.9. The lowest BCUT2D eigenvalue weighted by atomic mass is 9.94. The third-order valence-electron chi connectivity index (χ3n) is 17.0. The molecule has 6 aromatic carbocycles. The van der Waals surface area contributed by atoms with Crippen molar-refractivity contribution >= 4 is 115 Å². The van der Waals surface area contributed by atoms with E-state index >= 15 is 0 Å². The molecule has 0 unspecified atom stereocenters.